The van der Waals surface area contributed by atoms with Crippen LogP contribution < -0.4 is 0 Å². The number of hydrogen-bond donors (Lipinski definition) is 1. The first kappa shape index (κ1) is 19.2. The summed E-state index contributed by atoms with van der Waals surface area (Å²) in [6.07, 6.45) is -5.78. The molecular weight excluding hydrogens is 387 g/mol. The maximum absolute atomic E-state index is 13.3. The van der Waals surface area contributed by atoms with Gasteiger partial charge < -0.3 is 4.98 Å². The average Bonchev–Trinajstić information content (AvgIpc) is 3.07. The van der Waals surface area contributed by atoms with Gasteiger partial charge in [-0.05, 0) is 0 Å². The zero-order valence-corrected chi connectivity index (χ0v) is 14.5. The third-order valence-electron chi connectivity index (χ3n) is 3.73. The largest absolute Gasteiger partial charge is 0.454 e. The first-order chi connectivity index (χ1) is 12.7. The minimum Gasteiger partial charge on any atom is -0.330 e. The number of nitrogens with one attached hydrogen (secondary N) is 1. The van der Waals surface area contributed by atoms with Gasteiger partial charge >= 0.3 is 12.1 Å². The van der Waals surface area contributed by atoms with Gasteiger partial charge in [-0.1, -0.05) is 60.7 Å². The fourth-order valence-corrected chi connectivity index (χ4v) is 3.43. The Bertz CT molecular complexity index is 882. The van der Waals surface area contributed by atoms with E-state index in [2.05, 4.69) is 9.97 Å². The molecule has 0 fully saturated rings. The van der Waals surface area contributed by atoms with Crippen molar-refractivity contribution in [1.29, 1.82) is 0 Å². The van der Waals surface area contributed by atoms with Crippen LogP contribution in [0.4, 0.5) is 22.0 Å². The third kappa shape index (κ3) is 4.08. The molecule has 0 saturated heterocycles. The molecule has 0 radical (unpaired) electrons. The lowest BCUT2D eigenvalue weighted by atomic mass is 10.1. The van der Waals surface area contributed by atoms with Gasteiger partial charge in [0, 0.05) is 11.1 Å². The van der Waals surface area contributed by atoms with Gasteiger partial charge in [-0.25, -0.2) is 4.98 Å². The van der Waals surface area contributed by atoms with E-state index in [0.717, 1.165) is 0 Å². The molecule has 0 saturated carbocycles. The molecule has 3 nitrogen and oxygen atoms in total. The predicted octanol–water partition coefficient (Wildman–Crippen LogP) is 5.05. The van der Waals surface area contributed by atoms with Gasteiger partial charge in [0.25, 0.3) is 0 Å². The van der Waals surface area contributed by atoms with Gasteiger partial charge in [0.05, 0.1) is 22.2 Å². The summed E-state index contributed by atoms with van der Waals surface area (Å²) in [5, 5.41) is -0.434. The van der Waals surface area contributed by atoms with Gasteiger partial charge in [-0.15, -0.1) is 0 Å². The normalized spacial score (nSPS) is 13.5. The van der Waals surface area contributed by atoms with Crippen molar-refractivity contribution < 1.29 is 26.2 Å². The summed E-state index contributed by atoms with van der Waals surface area (Å²) >= 11 is 0. The lowest BCUT2D eigenvalue weighted by Crippen LogP contribution is -2.41. The van der Waals surface area contributed by atoms with Gasteiger partial charge in [0.2, 0.25) is 0 Å². The van der Waals surface area contributed by atoms with E-state index in [1.807, 2.05) is 0 Å². The highest BCUT2D eigenvalue weighted by Gasteiger charge is 2.58. The second-order valence-corrected chi connectivity index (χ2v) is 7.06. The van der Waals surface area contributed by atoms with Crippen LogP contribution in [0, 0.1) is 0 Å². The topological polar surface area (TPSA) is 45.8 Å². The lowest BCUT2D eigenvalue weighted by molar-refractivity contribution is -0.271. The van der Waals surface area contributed by atoms with E-state index < -0.39 is 33.8 Å². The Hall–Kier alpha value is -2.55. The SMILES string of the molecule is O=S(CC(F)(F)C(F)(F)F)c1nc(-c2ccccc2)c(-c2ccccc2)[nH]1. The van der Waals surface area contributed by atoms with E-state index in [1.165, 1.54) is 0 Å². The summed E-state index contributed by atoms with van der Waals surface area (Å²) in [6.45, 7) is 0. The zero-order valence-electron chi connectivity index (χ0n) is 13.6. The Morgan fingerprint density at radius 3 is 1.89 bits per heavy atom. The number of halogens is 5. The molecule has 1 unspecified atom stereocenters. The Kier molecular flexibility index (Phi) is 5.14. The van der Waals surface area contributed by atoms with E-state index in [1.54, 1.807) is 60.7 Å². The fraction of sp³-hybridized carbons (Fsp3) is 0.167. The zero-order chi connectivity index (χ0) is 19.7. The van der Waals surface area contributed by atoms with Crippen molar-refractivity contribution in [3.05, 3.63) is 60.7 Å². The van der Waals surface area contributed by atoms with Crippen molar-refractivity contribution in [3.8, 4) is 22.5 Å². The molecule has 3 aromatic rings. The van der Waals surface area contributed by atoms with Crippen molar-refractivity contribution in [2.75, 3.05) is 5.75 Å². The summed E-state index contributed by atoms with van der Waals surface area (Å²) in [5.41, 5.74) is 1.95. The molecule has 1 heterocycles. The predicted molar refractivity (Wildman–Crippen MR) is 91.7 cm³/mol. The molecule has 0 aliphatic heterocycles. The summed E-state index contributed by atoms with van der Waals surface area (Å²) in [5.74, 6) is -6.98. The molecule has 0 aliphatic rings. The van der Waals surface area contributed by atoms with Gasteiger partial charge in [-0.3, -0.25) is 4.21 Å². The monoisotopic (exact) mass is 400 g/mol. The highest BCUT2D eigenvalue weighted by atomic mass is 32.2. The number of aromatic amines is 1. The van der Waals surface area contributed by atoms with Crippen LogP contribution in [0.25, 0.3) is 22.5 Å². The van der Waals surface area contributed by atoms with Crippen molar-refractivity contribution in [2.24, 2.45) is 0 Å². The molecule has 142 valence electrons. The number of rotatable bonds is 5. The van der Waals surface area contributed by atoms with E-state index >= 15 is 0 Å². The number of hydrogen-bond acceptors (Lipinski definition) is 2. The van der Waals surface area contributed by atoms with Crippen LogP contribution in [0.5, 0.6) is 0 Å². The number of imidazole rings is 1. The lowest BCUT2D eigenvalue weighted by Gasteiger charge is -2.18. The molecular formula is C18H13F5N2OS. The minimum absolute atomic E-state index is 0.320. The highest BCUT2D eigenvalue weighted by molar-refractivity contribution is 7.84. The number of alkyl halides is 5. The Balaban J connectivity index is 2.03. The molecule has 1 aromatic heterocycles. The minimum atomic E-state index is -5.78. The quantitative estimate of drug-likeness (QED) is 0.610. The van der Waals surface area contributed by atoms with Gasteiger partial charge in [0.15, 0.2) is 5.16 Å². The summed E-state index contributed by atoms with van der Waals surface area (Å²) in [4.78, 5) is 6.72. The molecule has 2 aromatic carbocycles. The molecule has 1 N–H and O–H groups in total. The number of nitrogens with zero attached hydrogens (tertiary/aromatic N) is 1. The Morgan fingerprint density at radius 1 is 0.852 bits per heavy atom. The van der Waals surface area contributed by atoms with Crippen LogP contribution >= 0.6 is 0 Å². The van der Waals surface area contributed by atoms with Crippen LogP contribution in [0.3, 0.4) is 0 Å². The van der Waals surface area contributed by atoms with E-state index in [0.29, 0.717) is 22.5 Å². The van der Waals surface area contributed by atoms with Crippen molar-refractivity contribution >= 4 is 10.8 Å². The van der Waals surface area contributed by atoms with E-state index in [9.17, 15) is 26.2 Å². The standard InChI is InChI=1S/C18H13F5N2OS/c19-17(20,18(21,22)23)11-27(26)16-24-14(12-7-3-1-4-8-12)15(25-16)13-9-5-2-6-10-13/h1-10H,11H2,(H,24,25). The highest BCUT2D eigenvalue weighted by Crippen LogP contribution is 2.37. The number of aromatic nitrogens is 2. The van der Waals surface area contributed by atoms with Crippen LogP contribution in [-0.4, -0.2) is 32.0 Å². The van der Waals surface area contributed by atoms with E-state index in [4.69, 9.17) is 0 Å². The summed E-state index contributed by atoms with van der Waals surface area (Å²) in [7, 11) is -2.67. The second kappa shape index (κ2) is 7.22. The Labute approximate surface area is 153 Å². The molecule has 27 heavy (non-hydrogen) atoms. The van der Waals surface area contributed by atoms with Crippen molar-refractivity contribution in [2.45, 2.75) is 17.3 Å². The van der Waals surface area contributed by atoms with Crippen molar-refractivity contribution in [1.82, 2.24) is 9.97 Å². The van der Waals surface area contributed by atoms with Crippen LogP contribution in [-0.2, 0) is 10.8 Å². The summed E-state index contributed by atoms with van der Waals surface area (Å²) in [6, 6.07) is 17.3. The van der Waals surface area contributed by atoms with E-state index in [-0.39, 0.29) is 0 Å². The molecule has 9 heteroatoms. The van der Waals surface area contributed by atoms with Crippen LogP contribution in [0.15, 0.2) is 65.8 Å². The van der Waals surface area contributed by atoms with Crippen molar-refractivity contribution in [3.63, 3.8) is 0 Å². The third-order valence-corrected chi connectivity index (χ3v) is 4.98. The average molecular weight is 400 g/mol. The summed E-state index contributed by atoms with van der Waals surface area (Å²) < 4.78 is 75.9. The molecule has 1 atom stereocenters. The van der Waals surface area contributed by atoms with Gasteiger partial charge in [-0.2, -0.15) is 22.0 Å². The Morgan fingerprint density at radius 2 is 1.37 bits per heavy atom. The maximum atomic E-state index is 13.3. The molecule has 0 spiro atoms. The molecule has 0 aliphatic carbocycles. The molecule has 3 rings (SSSR count). The number of benzene rings is 2. The number of H-pyrrole nitrogens is 1. The maximum Gasteiger partial charge on any atom is 0.454 e. The first-order valence-electron chi connectivity index (χ1n) is 7.73. The fourth-order valence-electron chi connectivity index (χ4n) is 2.39. The first-order valence-corrected chi connectivity index (χ1v) is 9.05. The molecule has 0 bridgehead atoms. The van der Waals surface area contributed by atoms with Gasteiger partial charge in [0.1, 0.15) is 5.75 Å². The second-order valence-electron chi connectivity index (χ2n) is 5.69. The smallest absolute Gasteiger partial charge is 0.330 e. The van der Waals surface area contributed by atoms with Crippen LogP contribution in [0.2, 0.25) is 0 Å². The van der Waals surface area contributed by atoms with Crippen LogP contribution in [0.1, 0.15) is 0 Å². The molecule has 0 amide bonds.